The minimum Gasteiger partial charge on any atom is -0.466 e. The predicted molar refractivity (Wildman–Crippen MR) is 128 cm³/mol. The van der Waals surface area contributed by atoms with E-state index in [0.717, 1.165) is 4.90 Å². The van der Waals surface area contributed by atoms with Gasteiger partial charge in [0.1, 0.15) is 17.7 Å². The average Bonchev–Trinajstić information content (AvgIpc) is 2.75. The minimum atomic E-state index is -1.22. The molecule has 0 fully saturated rings. The van der Waals surface area contributed by atoms with E-state index >= 15 is 0 Å². The zero-order chi connectivity index (χ0) is 25.9. The van der Waals surface area contributed by atoms with Crippen molar-refractivity contribution in [2.75, 3.05) is 13.2 Å². The number of hydrogen-bond acceptors (Lipinski definition) is 6. The smallest absolute Gasteiger partial charge is 0.408 e. The standard InChI is InChI=1S/C25H33N3O6/c1-8-18-12-11-13-19(16-18)21(22(30)26-15-14-20(29)33-10-3)28(9-2)23(31)17(4)27-24(32)34-25(5,6)7/h2,8,11-13,16-17,21H,1,10,14-15H2,3-7H3,(H,26,30)(H,27,32). The highest BCUT2D eigenvalue weighted by atomic mass is 16.6. The largest absolute Gasteiger partial charge is 0.466 e. The summed E-state index contributed by atoms with van der Waals surface area (Å²) >= 11 is 0. The summed E-state index contributed by atoms with van der Waals surface area (Å²) in [7, 11) is 0. The van der Waals surface area contributed by atoms with Crippen LogP contribution in [-0.4, -0.2) is 53.6 Å². The number of nitrogens with zero attached hydrogens (tertiary/aromatic N) is 1. The first-order chi connectivity index (χ1) is 15.9. The van der Waals surface area contributed by atoms with Gasteiger partial charge in [0.05, 0.1) is 13.0 Å². The molecule has 1 aromatic rings. The average molecular weight is 472 g/mol. The van der Waals surface area contributed by atoms with Crippen molar-refractivity contribution < 1.29 is 28.7 Å². The molecular weight excluding hydrogens is 438 g/mol. The monoisotopic (exact) mass is 471 g/mol. The number of terminal acetylenes is 1. The third-order valence-electron chi connectivity index (χ3n) is 4.38. The predicted octanol–water partition coefficient (Wildman–Crippen LogP) is 2.77. The van der Waals surface area contributed by atoms with Crippen LogP contribution in [0, 0.1) is 12.5 Å². The van der Waals surface area contributed by atoms with Gasteiger partial charge < -0.3 is 20.1 Å². The van der Waals surface area contributed by atoms with Gasteiger partial charge >= 0.3 is 12.1 Å². The lowest BCUT2D eigenvalue weighted by atomic mass is 10.0. The van der Waals surface area contributed by atoms with Crippen molar-refractivity contribution in [3.63, 3.8) is 0 Å². The Balaban J connectivity index is 3.16. The van der Waals surface area contributed by atoms with Crippen LogP contribution in [0.15, 0.2) is 30.8 Å². The third-order valence-corrected chi connectivity index (χ3v) is 4.38. The summed E-state index contributed by atoms with van der Waals surface area (Å²) < 4.78 is 10.0. The maximum Gasteiger partial charge on any atom is 0.408 e. The quantitative estimate of drug-likeness (QED) is 0.308. The molecular formula is C25H33N3O6. The number of carbonyl (C=O) groups excluding carboxylic acids is 4. The van der Waals surface area contributed by atoms with Crippen molar-refractivity contribution in [3.05, 3.63) is 42.0 Å². The maximum atomic E-state index is 13.2. The van der Waals surface area contributed by atoms with Gasteiger partial charge in [-0.2, -0.15) is 0 Å². The molecule has 0 spiro atoms. The molecule has 0 aliphatic heterocycles. The van der Waals surface area contributed by atoms with Gasteiger partial charge in [0.25, 0.3) is 5.91 Å². The summed E-state index contributed by atoms with van der Waals surface area (Å²) in [4.78, 5) is 50.9. The molecule has 0 bridgehead atoms. The molecule has 0 aliphatic rings. The summed E-state index contributed by atoms with van der Waals surface area (Å²) in [6, 6.07) is 6.75. The normalized spacial score (nSPS) is 12.4. The number of esters is 1. The van der Waals surface area contributed by atoms with Crippen molar-refractivity contribution in [1.29, 1.82) is 0 Å². The Morgan fingerprint density at radius 3 is 2.50 bits per heavy atom. The van der Waals surface area contributed by atoms with E-state index in [4.69, 9.17) is 15.9 Å². The second kappa shape index (κ2) is 13.0. The van der Waals surface area contributed by atoms with Gasteiger partial charge in [0.2, 0.25) is 5.91 Å². The highest BCUT2D eigenvalue weighted by molar-refractivity contribution is 5.93. The Kier molecular flexibility index (Phi) is 10.8. The van der Waals surface area contributed by atoms with Crippen molar-refractivity contribution >= 4 is 30.0 Å². The molecule has 2 N–H and O–H groups in total. The topological polar surface area (TPSA) is 114 Å². The zero-order valence-corrected chi connectivity index (χ0v) is 20.3. The van der Waals surface area contributed by atoms with Crippen LogP contribution < -0.4 is 10.6 Å². The molecule has 2 atom stereocenters. The summed E-state index contributed by atoms with van der Waals surface area (Å²) in [5.41, 5.74) is 0.387. The fourth-order valence-corrected chi connectivity index (χ4v) is 2.91. The van der Waals surface area contributed by atoms with Crippen LogP contribution in [0.5, 0.6) is 0 Å². The number of amides is 3. The van der Waals surface area contributed by atoms with Gasteiger partial charge in [-0.3, -0.25) is 19.3 Å². The molecule has 1 rings (SSSR count). The first-order valence-electron chi connectivity index (χ1n) is 10.9. The number of alkyl carbamates (subject to hydrolysis) is 1. The lowest BCUT2D eigenvalue weighted by molar-refractivity contribution is -0.143. The molecule has 0 saturated heterocycles. The first kappa shape index (κ1) is 28.2. The third kappa shape index (κ3) is 8.98. The van der Waals surface area contributed by atoms with Gasteiger partial charge in [-0.05, 0) is 51.8 Å². The van der Waals surface area contributed by atoms with E-state index in [9.17, 15) is 19.2 Å². The Bertz CT molecular complexity index is 945. The van der Waals surface area contributed by atoms with Crippen molar-refractivity contribution in [2.45, 2.75) is 58.7 Å². The highest BCUT2D eigenvalue weighted by Crippen LogP contribution is 2.23. The van der Waals surface area contributed by atoms with E-state index in [1.54, 1.807) is 58.0 Å². The molecule has 9 heteroatoms. The minimum absolute atomic E-state index is 0.00632. The zero-order valence-electron chi connectivity index (χ0n) is 20.3. The molecule has 0 radical (unpaired) electrons. The van der Waals surface area contributed by atoms with Crippen LogP contribution in [0.3, 0.4) is 0 Å². The number of ether oxygens (including phenoxy) is 2. The van der Waals surface area contributed by atoms with Crippen LogP contribution in [0.1, 0.15) is 58.2 Å². The van der Waals surface area contributed by atoms with Crippen LogP contribution in [0.25, 0.3) is 6.08 Å². The summed E-state index contributed by atoms with van der Waals surface area (Å²) in [6.07, 6.45) is 6.40. The summed E-state index contributed by atoms with van der Waals surface area (Å²) in [5, 5.41) is 5.06. The van der Waals surface area contributed by atoms with Gasteiger partial charge in [-0.15, -0.1) is 0 Å². The Morgan fingerprint density at radius 1 is 1.26 bits per heavy atom. The lowest BCUT2D eigenvalue weighted by Gasteiger charge is -2.29. The Labute approximate surface area is 200 Å². The SMILES string of the molecule is C#CN(C(=O)C(C)NC(=O)OC(C)(C)C)C(C(=O)NCCC(=O)OCC)c1cccc(C=C)c1. The van der Waals surface area contributed by atoms with Crippen molar-refractivity contribution in [2.24, 2.45) is 0 Å². The van der Waals surface area contributed by atoms with E-state index in [1.807, 2.05) is 0 Å². The van der Waals surface area contributed by atoms with Gasteiger partial charge in [-0.25, -0.2) is 4.79 Å². The van der Waals surface area contributed by atoms with Crippen LogP contribution >= 0.6 is 0 Å². The van der Waals surface area contributed by atoms with E-state index in [2.05, 4.69) is 23.3 Å². The Hall–Kier alpha value is -3.80. The van der Waals surface area contributed by atoms with E-state index in [1.165, 1.54) is 6.92 Å². The molecule has 0 heterocycles. The van der Waals surface area contributed by atoms with E-state index in [-0.39, 0.29) is 19.6 Å². The second-order valence-electron chi connectivity index (χ2n) is 8.33. The number of benzene rings is 1. The number of hydrogen-bond donors (Lipinski definition) is 2. The Morgan fingerprint density at radius 2 is 1.94 bits per heavy atom. The first-order valence-corrected chi connectivity index (χ1v) is 10.9. The molecule has 3 amide bonds. The van der Waals surface area contributed by atoms with Crippen molar-refractivity contribution in [1.82, 2.24) is 15.5 Å². The van der Waals surface area contributed by atoms with Gasteiger partial charge in [0, 0.05) is 12.6 Å². The molecule has 1 aromatic carbocycles. The maximum absolute atomic E-state index is 13.2. The van der Waals surface area contributed by atoms with Crippen LogP contribution in [-0.2, 0) is 23.9 Å². The fourth-order valence-electron chi connectivity index (χ4n) is 2.91. The van der Waals surface area contributed by atoms with E-state index in [0.29, 0.717) is 11.1 Å². The van der Waals surface area contributed by atoms with Crippen molar-refractivity contribution in [3.8, 4) is 12.5 Å². The second-order valence-corrected chi connectivity index (χ2v) is 8.33. The highest BCUT2D eigenvalue weighted by Gasteiger charge is 2.34. The number of rotatable bonds is 10. The lowest BCUT2D eigenvalue weighted by Crippen LogP contribution is -2.50. The molecule has 2 unspecified atom stereocenters. The molecule has 0 saturated carbocycles. The van der Waals surface area contributed by atoms with Crippen LogP contribution in [0.4, 0.5) is 4.79 Å². The molecule has 184 valence electrons. The molecule has 0 aliphatic carbocycles. The van der Waals surface area contributed by atoms with E-state index < -0.39 is 41.6 Å². The fraction of sp³-hybridized carbons (Fsp3) is 0.440. The molecule has 0 aromatic heterocycles. The van der Waals surface area contributed by atoms with Gasteiger partial charge in [-0.1, -0.05) is 37.3 Å². The van der Waals surface area contributed by atoms with Gasteiger partial charge in [0.15, 0.2) is 0 Å². The summed E-state index contributed by atoms with van der Waals surface area (Å²) in [6.45, 7) is 12.1. The number of carbonyl (C=O) groups is 4. The molecule has 9 nitrogen and oxygen atoms in total. The number of nitrogens with one attached hydrogen (secondary N) is 2. The summed E-state index contributed by atoms with van der Waals surface area (Å²) in [5.74, 6) is -1.75. The van der Waals surface area contributed by atoms with Crippen LogP contribution in [0.2, 0.25) is 0 Å². The molecule has 34 heavy (non-hydrogen) atoms.